The van der Waals surface area contributed by atoms with Crippen LogP contribution in [-0.2, 0) is 0 Å². The van der Waals surface area contributed by atoms with Crippen LogP contribution < -0.4 is 5.32 Å². The summed E-state index contributed by atoms with van der Waals surface area (Å²) in [5.74, 6) is 1.23. The van der Waals surface area contributed by atoms with Crippen LogP contribution in [0, 0.1) is 0 Å². The molecule has 0 radical (unpaired) electrons. The highest BCUT2D eigenvalue weighted by Gasteiger charge is 2.09. The van der Waals surface area contributed by atoms with Crippen molar-refractivity contribution in [2.75, 3.05) is 18.5 Å². The summed E-state index contributed by atoms with van der Waals surface area (Å²) >= 11 is 5.94. The van der Waals surface area contributed by atoms with Crippen LogP contribution in [0.2, 0.25) is 5.02 Å². The molecule has 0 atom stereocenters. The zero-order valence-electron chi connectivity index (χ0n) is 12.3. The van der Waals surface area contributed by atoms with Crippen molar-refractivity contribution >= 4 is 17.4 Å². The Morgan fingerprint density at radius 2 is 1.87 bits per heavy atom. The van der Waals surface area contributed by atoms with Gasteiger partial charge < -0.3 is 10.4 Å². The molecule has 0 aliphatic carbocycles. The third-order valence-corrected chi connectivity index (χ3v) is 3.46. The van der Waals surface area contributed by atoms with E-state index in [2.05, 4.69) is 20.3 Å². The predicted molar refractivity (Wildman–Crippen MR) is 91.3 cm³/mol. The molecule has 0 fully saturated rings. The van der Waals surface area contributed by atoms with Gasteiger partial charge in [-0.05, 0) is 24.3 Å². The fourth-order valence-corrected chi connectivity index (χ4v) is 2.24. The number of nitrogens with zero attached hydrogens (tertiary/aromatic N) is 3. The van der Waals surface area contributed by atoms with Gasteiger partial charge in [-0.1, -0.05) is 23.7 Å². The van der Waals surface area contributed by atoms with Gasteiger partial charge in [-0.15, -0.1) is 0 Å². The maximum Gasteiger partial charge on any atom is 0.163 e. The van der Waals surface area contributed by atoms with Crippen molar-refractivity contribution in [1.29, 1.82) is 0 Å². The summed E-state index contributed by atoms with van der Waals surface area (Å²) in [6.07, 6.45) is 3.42. The minimum absolute atomic E-state index is 0.0303. The average molecular weight is 327 g/mol. The number of nitrogens with one attached hydrogen (secondary N) is 1. The number of pyridine rings is 1. The lowest BCUT2D eigenvalue weighted by Gasteiger charge is -2.09. The molecule has 1 aromatic carbocycles. The fraction of sp³-hybridized carbons (Fsp3) is 0.118. The summed E-state index contributed by atoms with van der Waals surface area (Å²) in [5, 5.41) is 12.8. The number of aliphatic hydroxyl groups excluding tert-OH is 1. The van der Waals surface area contributed by atoms with Crippen LogP contribution in [-0.4, -0.2) is 33.2 Å². The number of hydrogen-bond donors (Lipinski definition) is 2. The number of hydrogen-bond acceptors (Lipinski definition) is 5. The highest BCUT2D eigenvalue weighted by molar-refractivity contribution is 6.30. The van der Waals surface area contributed by atoms with Crippen LogP contribution in [0.25, 0.3) is 22.6 Å². The number of benzene rings is 1. The van der Waals surface area contributed by atoms with Crippen molar-refractivity contribution < 1.29 is 5.11 Å². The quantitative estimate of drug-likeness (QED) is 0.753. The Hall–Kier alpha value is -2.50. The second-order valence-electron chi connectivity index (χ2n) is 4.86. The lowest BCUT2D eigenvalue weighted by molar-refractivity contribution is 0.311. The molecular weight excluding hydrogens is 312 g/mol. The Bertz CT molecular complexity index is 778. The average Bonchev–Trinajstić information content (AvgIpc) is 2.61. The number of halogens is 1. The number of anilines is 1. The molecule has 0 bridgehead atoms. The Morgan fingerprint density at radius 1 is 1.04 bits per heavy atom. The molecule has 6 heteroatoms. The first-order valence-electron chi connectivity index (χ1n) is 7.16. The molecule has 23 heavy (non-hydrogen) atoms. The van der Waals surface area contributed by atoms with E-state index in [1.54, 1.807) is 12.4 Å². The van der Waals surface area contributed by atoms with Crippen LogP contribution in [0.15, 0.2) is 54.9 Å². The Labute approximate surface area is 139 Å². The minimum Gasteiger partial charge on any atom is -0.395 e. The van der Waals surface area contributed by atoms with Crippen molar-refractivity contribution in [3.05, 3.63) is 59.9 Å². The van der Waals surface area contributed by atoms with E-state index in [1.807, 2.05) is 42.5 Å². The van der Waals surface area contributed by atoms with E-state index in [4.69, 9.17) is 16.7 Å². The second-order valence-corrected chi connectivity index (χ2v) is 5.30. The smallest absolute Gasteiger partial charge is 0.163 e. The topological polar surface area (TPSA) is 70.9 Å². The molecule has 5 nitrogen and oxygen atoms in total. The van der Waals surface area contributed by atoms with Gasteiger partial charge in [0.05, 0.1) is 12.3 Å². The molecule has 0 amide bonds. The van der Waals surface area contributed by atoms with Crippen LogP contribution in [0.5, 0.6) is 0 Å². The molecular formula is C17H15ClN4O. The predicted octanol–water partition coefficient (Wildman–Crippen LogP) is 3.26. The Morgan fingerprint density at radius 3 is 2.57 bits per heavy atom. The molecule has 0 unspecified atom stereocenters. The lowest BCUT2D eigenvalue weighted by atomic mass is 10.1. The van der Waals surface area contributed by atoms with Gasteiger partial charge in [-0.3, -0.25) is 4.98 Å². The Kier molecular flexibility index (Phi) is 4.80. The van der Waals surface area contributed by atoms with Crippen molar-refractivity contribution in [1.82, 2.24) is 15.0 Å². The van der Waals surface area contributed by atoms with E-state index >= 15 is 0 Å². The number of aromatic nitrogens is 3. The molecule has 3 rings (SSSR count). The van der Waals surface area contributed by atoms with Gasteiger partial charge in [0.1, 0.15) is 5.82 Å². The van der Waals surface area contributed by atoms with Crippen LogP contribution in [0.1, 0.15) is 0 Å². The molecule has 0 saturated carbocycles. The summed E-state index contributed by atoms with van der Waals surface area (Å²) in [7, 11) is 0. The second kappa shape index (κ2) is 7.17. The van der Waals surface area contributed by atoms with E-state index in [9.17, 15) is 0 Å². The van der Waals surface area contributed by atoms with Gasteiger partial charge >= 0.3 is 0 Å². The van der Waals surface area contributed by atoms with Crippen molar-refractivity contribution in [2.24, 2.45) is 0 Å². The highest BCUT2D eigenvalue weighted by atomic mass is 35.5. The monoisotopic (exact) mass is 326 g/mol. The summed E-state index contributed by atoms with van der Waals surface area (Å²) < 4.78 is 0. The van der Waals surface area contributed by atoms with Crippen LogP contribution in [0.3, 0.4) is 0 Å². The van der Waals surface area contributed by atoms with E-state index in [-0.39, 0.29) is 6.61 Å². The van der Waals surface area contributed by atoms with Crippen molar-refractivity contribution in [2.45, 2.75) is 0 Å². The molecule has 3 aromatic rings. The molecule has 0 spiro atoms. The zero-order chi connectivity index (χ0) is 16.1. The summed E-state index contributed by atoms with van der Waals surface area (Å²) in [6, 6.07) is 13.1. The van der Waals surface area contributed by atoms with E-state index in [0.717, 1.165) is 16.8 Å². The molecule has 2 aromatic heterocycles. The summed E-state index contributed by atoms with van der Waals surface area (Å²) in [5.41, 5.74) is 2.54. The van der Waals surface area contributed by atoms with Crippen LogP contribution in [0.4, 0.5) is 5.82 Å². The van der Waals surface area contributed by atoms with Gasteiger partial charge in [0.25, 0.3) is 0 Å². The van der Waals surface area contributed by atoms with Crippen molar-refractivity contribution in [3.8, 4) is 22.6 Å². The van der Waals surface area contributed by atoms with E-state index < -0.39 is 0 Å². The van der Waals surface area contributed by atoms with Gasteiger partial charge in [0, 0.05) is 41.2 Å². The first kappa shape index (κ1) is 15.4. The van der Waals surface area contributed by atoms with Gasteiger partial charge in [-0.2, -0.15) is 0 Å². The first-order valence-corrected chi connectivity index (χ1v) is 7.54. The lowest BCUT2D eigenvalue weighted by Crippen LogP contribution is -2.08. The maximum atomic E-state index is 9.00. The third kappa shape index (κ3) is 3.83. The highest BCUT2D eigenvalue weighted by Crippen LogP contribution is 2.25. The number of aliphatic hydroxyl groups is 1. The summed E-state index contributed by atoms with van der Waals surface area (Å²) in [6.45, 7) is 0.450. The van der Waals surface area contributed by atoms with Gasteiger partial charge in [0.2, 0.25) is 0 Å². The molecule has 116 valence electrons. The third-order valence-electron chi connectivity index (χ3n) is 3.20. The molecule has 0 saturated heterocycles. The number of rotatable bonds is 5. The molecule has 2 N–H and O–H groups in total. The SMILES string of the molecule is OCCNc1cc(-c2ccc(Cl)cc2)nc(-c2cccnc2)n1. The maximum absolute atomic E-state index is 9.00. The van der Waals surface area contributed by atoms with Gasteiger partial charge in [-0.25, -0.2) is 9.97 Å². The minimum atomic E-state index is 0.0303. The first-order chi connectivity index (χ1) is 11.3. The van der Waals surface area contributed by atoms with Crippen molar-refractivity contribution in [3.63, 3.8) is 0 Å². The largest absolute Gasteiger partial charge is 0.395 e. The van der Waals surface area contributed by atoms with Gasteiger partial charge in [0.15, 0.2) is 5.82 Å². The normalized spacial score (nSPS) is 10.5. The summed E-state index contributed by atoms with van der Waals surface area (Å²) in [4.78, 5) is 13.2. The fourth-order valence-electron chi connectivity index (χ4n) is 2.11. The molecule has 2 heterocycles. The van der Waals surface area contributed by atoms with E-state index in [1.165, 1.54) is 0 Å². The Balaban J connectivity index is 2.06. The zero-order valence-corrected chi connectivity index (χ0v) is 13.0. The van der Waals surface area contributed by atoms with E-state index in [0.29, 0.717) is 23.2 Å². The van der Waals surface area contributed by atoms with Crippen LogP contribution >= 0.6 is 11.6 Å². The molecule has 0 aliphatic heterocycles. The molecule has 0 aliphatic rings. The standard InChI is InChI=1S/C17H15ClN4O/c18-14-5-3-12(4-6-14)15-10-16(20-8-9-23)22-17(21-15)13-2-1-7-19-11-13/h1-7,10-11,23H,8-9H2,(H,20,21,22).